The second-order valence-electron chi connectivity index (χ2n) is 4.24. The Bertz CT molecular complexity index is 508. The zero-order valence-corrected chi connectivity index (χ0v) is 10.9. The van der Waals surface area contributed by atoms with Crippen LogP contribution in [0.1, 0.15) is 25.6 Å². The largest absolute Gasteiger partial charge is 0.334 e. The van der Waals surface area contributed by atoms with Crippen LogP contribution in [-0.4, -0.2) is 35.0 Å². The summed E-state index contributed by atoms with van der Waals surface area (Å²) in [5, 5.41) is 0.106. The number of imidazole rings is 1. The van der Waals surface area contributed by atoms with Crippen molar-refractivity contribution in [3.63, 3.8) is 0 Å². The Morgan fingerprint density at radius 2 is 2.29 bits per heavy atom. The number of nitrogens with zero attached hydrogens (tertiary/aromatic N) is 3. The van der Waals surface area contributed by atoms with Crippen LogP contribution < -0.4 is 5.73 Å². The second kappa shape index (κ2) is 4.40. The molecule has 0 amide bonds. The van der Waals surface area contributed by atoms with Gasteiger partial charge in [-0.15, -0.1) is 0 Å². The van der Waals surface area contributed by atoms with E-state index in [4.69, 9.17) is 5.73 Å². The van der Waals surface area contributed by atoms with Crippen molar-refractivity contribution in [2.24, 2.45) is 5.73 Å². The first kappa shape index (κ1) is 12.5. The van der Waals surface area contributed by atoms with Crippen LogP contribution in [0.5, 0.6) is 0 Å². The second-order valence-corrected chi connectivity index (χ2v) is 6.08. The van der Waals surface area contributed by atoms with Gasteiger partial charge in [-0.2, -0.15) is 4.31 Å². The highest BCUT2D eigenvalue weighted by atomic mass is 32.2. The lowest BCUT2D eigenvalue weighted by atomic mass is 10.3. The zero-order chi connectivity index (χ0) is 12.6. The molecule has 6 nitrogen and oxygen atoms in total. The monoisotopic (exact) mass is 258 g/mol. The summed E-state index contributed by atoms with van der Waals surface area (Å²) in [6.07, 6.45) is 2.70. The van der Waals surface area contributed by atoms with Crippen molar-refractivity contribution in [3.8, 4) is 0 Å². The van der Waals surface area contributed by atoms with Crippen molar-refractivity contribution < 1.29 is 8.42 Å². The predicted octanol–water partition coefficient (Wildman–Crippen LogP) is 0.281. The first-order chi connectivity index (χ1) is 7.96. The third kappa shape index (κ3) is 2.10. The maximum absolute atomic E-state index is 12.3. The smallest absolute Gasteiger partial charge is 0.263 e. The molecule has 0 saturated carbocycles. The van der Waals surface area contributed by atoms with Gasteiger partial charge in [-0.05, 0) is 26.7 Å². The fourth-order valence-electron chi connectivity index (χ4n) is 2.11. The molecule has 1 fully saturated rings. The lowest BCUT2D eigenvalue weighted by Crippen LogP contribution is -2.41. The van der Waals surface area contributed by atoms with E-state index < -0.39 is 16.2 Å². The molecule has 2 rings (SSSR count). The molecule has 0 bridgehead atoms. The highest BCUT2D eigenvalue weighted by Crippen LogP contribution is 2.22. The zero-order valence-electron chi connectivity index (χ0n) is 10.1. The van der Waals surface area contributed by atoms with Gasteiger partial charge in [-0.3, -0.25) is 0 Å². The Morgan fingerprint density at radius 3 is 2.76 bits per heavy atom. The van der Waals surface area contributed by atoms with Crippen molar-refractivity contribution in [1.29, 1.82) is 0 Å². The van der Waals surface area contributed by atoms with Crippen molar-refractivity contribution in [1.82, 2.24) is 13.9 Å². The normalized spacial score (nSPS) is 22.2. The highest BCUT2D eigenvalue weighted by molar-refractivity contribution is 7.89. The Kier molecular flexibility index (Phi) is 3.24. The summed E-state index contributed by atoms with van der Waals surface area (Å²) in [5.41, 5.74) is 5.79. The van der Waals surface area contributed by atoms with Gasteiger partial charge < -0.3 is 10.3 Å². The topological polar surface area (TPSA) is 81.2 Å². The Hall–Kier alpha value is -0.920. The fraction of sp³-hybridized carbons (Fsp3) is 0.700. The van der Waals surface area contributed by atoms with E-state index in [0.29, 0.717) is 25.3 Å². The molecule has 7 heteroatoms. The molecule has 0 radical (unpaired) electrons. The quantitative estimate of drug-likeness (QED) is 0.844. The predicted molar refractivity (Wildman–Crippen MR) is 63.7 cm³/mol. The molecule has 1 aliphatic rings. The lowest BCUT2D eigenvalue weighted by Gasteiger charge is -2.18. The molecular formula is C10H18N4O2S. The van der Waals surface area contributed by atoms with Gasteiger partial charge in [-0.1, -0.05) is 0 Å². The van der Waals surface area contributed by atoms with Crippen LogP contribution in [0, 0.1) is 6.92 Å². The SMILES string of the molecule is CCn1cc(S(=O)(=O)N2CCCC2N)nc1C. The summed E-state index contributed by atoms with van der Waals surface area (Å²) >= 11 is 0. The first-order valence-corrected chi connectivity index (χ1v) is 7.22. The Morgan fingerprint density at radius 1 is 1.59 bits per heavy atom. The molecule has 1 atom stereocenters. The minimum Gasteiger partial charge on any atom is -0.334 e. The fourth-order valence-corrected chi connectivity index (χ4v) is 3.69. The molecule has 96 valence electrons. The molecule has 17 heavy (non-hydrogen) atoms. The maximum atomic E-state index is 12.3. The molecule has 1 unspecified atom stereocenters. The van der Waals surface area contributed by atoms with Gasteiger partial charge in [0.25, 0.3) is 10.0 Å². The summed E-state index contributed by atoms with van der Waals surface area (Å²) in [5.74, 6) is 0.707. The molecule has 0 aromatic carbocycles. The molecule has 1 aromatic rings. The standard InChI is InChI=1S/C10H18N4O2S/c1-3-13-7-10(12-8(13)2)17(15,16)14-6-4-5-9(14)11/h7,9H,3-6,11H2,1-2H3. The third-order valence-electron chi connectivity index (χ3n) is 3.12. The summed E-state index contributed by atoms with van der Waals surface area (Å²) in [7, 11) is -3.52. The molecule has 0 spiro atoms. The number of sulfonamides is 1. The number of aryl methyl sites for hydroxylation is 2. The minimum atomic E-state index is -3.52. The number of rotatable bonds is 3. The van der Waals surface area contributed by atoms with Gasteiger partial charge in [0, 0.05) is 19.3 Å². The van der Waals surface area contributed by atoms with Crippen LogP contribution in [0.15, 0.2) is 11.2 Å². The molecular weight excluding hydrogens is 240 g/mol. The Labute approximate surface area is 101 Å². The average Bonchev–Trinajstić information content (AvgIpc) is 2.84. The summed E-state index contributed by atoms with van der Waals surface area (Å²) < 4.78 is 27.7. The molecule has 2 N–H and O–H groups in total. The van der Waals surface area contributed by atoms with Gasteiger partial charge in [0.1, 0.15) is 5.82 Å². The third-order valence-corrected chi connectivity index (χ3v) is 4.91. The summed E-state index contributed by atoms with van der Waals surface area (Å²) in [4.78, 5) is 4.11. The van der Waals surface area contributed by atoms with Gasteiger partial charge in [0.15, 0.2) is 5.03 Å². The maximum Gasteiger partial charge on any atom is 0.263 e. The van der Waals surface area contributed by atoms with E-state index in [1.807, 2.05) is 11.5 Å². The first-order valence-electron chi connectivity index (χ1n) is 5.78. The molecule has 1 aromatic heterocycles. The van der Waals surface area contributed by atoms with Gasteiger partial charge in [0.05, 0.1) is 6.17 Å². The summed E-state index contributed by atoms with van der Waals surface area (Å²) in [6, 6.07) is 0. The van der Waals surface area contributed by atoms with E-state index in [1.54, 1.807) is 13.1 Å². The van der Waals surface area contributed by atoms with E-state index in [0.717, 1.165) is 6.42 Å². The molecule has 1 saturated heterocycles. The molecule has 2 heterocycles. The van der Waals surface area contributed by atoms with Gasteiger partial charge in [0.2, 0.25) is 0 Å². The van der Waals surface area contributed by atoms with Crippen LogP contribution in [0.3, 0.4) is 0 Å². The van der Waals surface area contributed by atoms with Crippen LogP contribution in [0.25, 0.3) is 0 Å². The minimum absolute atomic E-state index is 0.106. The van der Waals surface area contributed by atoms with Crippen LogP contribution in [0.2, 0.25) is 0 Å². The molecule has 1 aliphatic heterocycles. The lowest BCUT2D eigenvalue weighted by molar-refractivity contribution is 0.394. The van der Waals surface area contributed by atoms with Crippen molar-refractivity contribution in [2.75, 3.05) is 6.54 Å². The van der Waals surface area contributed by atoms with Crippen molar-refractivity contribution in [2.45, 2.75) is 44.4 Å². The number of aromatic nitrogens is 2. The summed E-state index contributed by atoms with van der Waals surface area (Å²) in [6.45, 7) is 4.95. The van der Waals surface area contributed by atoms with E-state index in [1.165, 1.54) is 4.31 Å². The van der Waals surface area contributed by atoms with Crippen molar-refractivity contribution in [3.05, 3.63) is 12.0 Å². The highest BCUT2D eigenvalue weighted by Gasteiger charge is 2.34. The Balaban J connectivity index is 2.37. The van der Waals surface area contributed by atoms with Gasteiger partial charge in [-0.25, -0.2) is 13.4 Å². The van der Waals surface area contributed by atoms with Crippen LogP contribution in [-0.2, 0) is 16.6 Å². The average molecular weight is 258 g/mol. The van der Waals surface area contributed by atoms with Gasteiger partial charge >= 0.3 is 0 Å². The van der Waals surface area contributed by atoms with E-state index >= 15 is 0 Å². The van der Waals surface area contributed by atoms with E-state index in [9.17, 15) is 8.42 Å². The number of hydrogen-bond acceptors (Lipinski definition) is 4. The molecule has 0 aliphatic carbocycles. The number of nitrogens with two attached hydrogens (primary N) is 1. The number of hydrogen-bond donors (Lipinski definition) is 1. The van der Waals surface area contributed by atoms with E-state index in [-0.39, 0.29) is 5.03 Å². The van der Waals surface area contributed by atoms with Crippen molar-refractivity contribution >= 4 is 10.0 Å². The van der Waals surface area contributed by atoms with E-state index in [2.05, 4.69) is 4.98 Å². The van der Waals surface area contributed by atoms with Crippen LogP contribution in [0.4, 0.5) is 0 Å². The van der Waals surface area contributed by atoms with Crippen LogP contribution >= 0.6 is 0 Å².